The van der Waals surface area contributed by atoms with E-state index in [4.69, 9.17) is 16.3 Å². The first-order valence-corrected chi connectivity index (χ1v) is 5.71. The molecule has 0 aliphatic carbocycles. The molecule has 0 N–H and O–H groups in total. The van der Waals surface area contributed by atoms with Crippen molar-refractivity contribution in [1.29, 1.82) is 0 Å². The van der Waals surface area contributed by atoms with E-state index in [9.17, 15) is 4.79 Å². The zero-order valence-corrected chi connectivity index (χ0v) is 10.4. The minimum absolute atomic E-state index is 0.174. The van der Waals surface area contributed by atoms with Gasteiger partial charge in [0.25, 0.3) is 0 Å². The smallest absolute Gasteiger partial charge is 0.434 e. The lowest BCUT2D eigenvalue weighted by atomic mass is 10.3. The SMILES string of the molecule is CCOC(=O)Oc1cn(-c2cccc(Cl)c2)cn1. The quantitative estimate of drug-likeness (QED) is 0.801. The number of hydrogen-bond donors (Lipinski definition) is 0. The zero-order chi connectivity index (χ0) is 13.0. The van der Waals surface area contributed by atoms with E-state index >= 15 is 0 Å². The summed E-state index contributed by atoms with van der Waals surface area (Å²) in [6.07, 6.45) is 2.33. The summed E-state index contributed by atoms with van der Waals surface area (Å²) < 4.78 is 11.2. The third-order valence-corrected chi connectivity index (χ3v) is 2.35. The van der Waals surface area contributed by atoms with E-state index in [2.05, 4.69) is 9.72 Å². The second-order valence-electron chi connectivity index (χ2n) is 3.38. The molecule has 0 aliphatic heterocycles. The number of carbonyl (C=O) groups is 1. The fraction of sp³-hybridized carbons (Fsp3) is 0.167. The van der Waals surface area contributed by atoms with Crippen LogP contribution in [0, 0.1) is 0 Å². The lowest BCUT2D eigenvalue weighted by molar-refractivity contribution is 0.103. The highest BCUT2D eigenvalue weighted by atomic mass is 35.5. The molecule has 94 valence electrons. The van der Waals surface area contributed by atoms with Gasteiger partial charge in [0.05, 0.1) is 12.8 Å². The third-order valence-electron chi connectivity index (χ3n) is 2.12. The van der Waals surface area contributed by atoms with Crippen LogP contribution >= 0.6 is 11.6 Å². The maximum absolute atomic E-state index is 11.1. The zero-order valence-electron chi connectivity index (χ0n) is 9.67. The first-order chi connectivity index (χ1) is 8.69. The fourth-order valence-electron chi connectivity index (χ4n) is 1.37. The maximum Gasteiger partial charge on any atom is 0.515 e. The molecule has 1 heterocycles. The first-order valence-electron chi connectivity index (χ1n) is 5.33. The maximum atomic E-state index is 11.1. The Morgan fingerprint density at radius 3 is 3.06 bits per heavy atom. The molecule has 0 unspecified atom stereocenters. The van der Waals surface area contributed by atoms with Crippen LogP contribution in [0.2, 0.25) is 5.02 Å². The van der Waals surface area contributed by atoms with Gasteiger partial charge in [-0.25, -0.2) is 9.78 Å². The average Bonchev–Trinajstić information content (AvgIpc) is 2.78. The van der Waals surface area contributed by atoms with Gasteiger partial charge in [-0.05, 0) is 25.1 Å². The number of benzene rings is 1. The van der Waals surface area contributed by atoms with E-state index in [0.717, 1.165) is 5.69 Å². The van der Waals surface area contributed by atoms with E-state index in [1.807, 2.05) is 12.1 Å². The van der Waals surface area contributed by atoms with Crippen LogP contribution in [0.5, 0.6) is 5.88 Å². The van der Waals surface area contributed by atoms with Crippen LogP contribution in [0.3, 0.4) is 0 Å². The van der Waals surface area contributed by atoms with Crippen LogP contribution in [-0.2, 0) is 4.74 Å². The summed E-state index contributed by atoms with van der Waals surface area (Å²) in [5.74, 6) is 0.174. The van der Waals surface area contributed by atoms with Gasteiger partial charge >= 0.3 is 6.16 Å². The molecule has 0 saturated heterocycles. The highest BCUT2D eigenvalue weighted by molar-refractivity contribution is 6.30. The van der Waals surface area contributed by atoms with Gasteiger partial charge in [-0.3, -0.25) is 0 Å². The molecule has 1 aromatic carbocycles. The van der Waals surface area contributed by atoms with E-state index in [0.29, 0.717) is 5.02 Å². The standard InChI is InChI=1S/C12H11ClN2O3/c1-2-17-12(16)18-11-7-15(8-14-11)10-5-3-4-9(13)6-10/h3-8H,2H2,1H3. The molecular weight excluding hydrogens is 256 g/mol. The second kappa shape index (κ2) is 5.55. The summed E-state index contributed by atoms with van der Waals surface area (Å²) in [6, 6.07) is 7.24. The van der Waals surface area contributed by atoms with Crippen molar-refractivity contribution in [1.82, 2.24) is 9.55 Å². The highest BCUT2D eigenvalue weighted by Gasteiger charge is 2.08. The van der Waals surface area contributed by atoms with Crippen molar-refractivity contribution in [3.8, 4) is 11.6 Å². The molecule has 0 amide bonds. The number of rotatable bonds is 3. The summed E-state index contributed by atoms with van der Waals surface area (Å²) in [5, 5.41) is 0.620. The number of ether oxygens (including phenoxy) is 2. The number of hydrogen-bond acceptors (Lipinski definition) is 4. The van der Waals surface area contributed by atoms with E-state index in [-0.39, 0.29) is 12.5 Å². The van der Waals surface area contributed by atoms with Gasteiger partial charge in [-0.1, -0.05) is 17.7 Å². The summed E-state index contributed by atoms with van der Waals surface area (Å²) in [5.41, 5.74) is 0.828. The van der Waals surface area contributed by atoms with E-state index in [1.54, 1.807) is 29.8 Å². The summed E-state index contributed by atoms with van der Waals surface area (Å²) in [4.78, 5) is 15.0. The van der Waals surface area contributed by atoms with Crippen molar-refractivity contribution < 1.29 is 14.3 Å². The number of aromatic nitrogens is 2. The predicted molar refractivity (Wildman–Crippen MR) is 66.2 cm³/mol. The van der Waals surface area contributed by atoms with Crippen molar-refractivity contribution in [2.24, 2.45) is 0 Å². The molecule has 2 rings (SSSR count). The van der Waals surface area contributed by atoms with Gasteiger partial charge in [0.1, 0.15) is 6.33 Å². The van der Waals surface area contributed by atoms with Gasteiger partial charge in [-0.2, -0.15) is 0 Å². The lowest BCUT2D eigenvalue weighted by Crippen LogP contribution is -2.10. The Morgan fingerprint density at radius 1 is 1.50 bits per heavy atom. The van der Waals surface area contributed by atoms with Crippen LogP contribution in [0.25, 0.3) is 5.69 Å². The van der Waals surface area contributed by atoms with Crippen LogP contribution in [0.15, 0.2) is 36.8 Å². The Balaban J connectivity index is 2.13. The van der Waals surface area contributed by atoms with Crippen LogP contribution in [-0.4, -0.2) is 22.3 Å². The topological polar surface area (TPSA) is 53.4 Å². The highest BCUT2D eigenvalue weighted by Crippen LogP contribution is 2.17. The molecular formula is C12H11ClN2O3. The Hall–Kier alpha value is -2.01. The predicted octanol–water partition coefficient (Wildman–Crippen LogP) is 3.06. The number of halogens is 1. The minimum Gasteiger partial charge on any atom is -0.434 e. The minimum atomic E-state index is -0.770. The monoisotopic (exact) mass is 266 g/mol. The van der Waals surface area contributed by atoms with Gasteiger partial charge in [0, 0.05) is 10.7 Å². The van der Waals surface area contributed by atoms with Crippen molar-refractivity contribution in [3.05, 3.63) is 41.8 Å². The van der Waals surface area contributed by atoms with Crippen LogP contribution < -0.4 is 4.74 Å². The first kappa shape index (κ1) is 12.4. The normalized spacial score (nSPS) is 10.1. The molecule has 18 heavy (non-hydrogen) atoms. The number of nitrogens with zero attached hydrogens (tertiary/aromatic N) is 2. The van der Waals surface area contributed by atoms with E-state index in [1.165, 1.54) is 6.33 Å². The molecule has 0 saturated carbocycles. The van der Waals surface area contributed by atoms with Gasteiger partial charge in [0.2, 0.25) is 5.88 Å². The summed E-state index contributed by atoms with van der Waals surface area (Å²) >= 11 is 5.89. The van der Waals surface area contributed by atoms with Crippen molar-refractivity contribution in [2.75, 3.05) is 6.61 Å². The molecule has 0 atom stereocenters. The second-order valence-corrected chi connectivity index (χ2v) is 3.82. The van der Waals surface area contributed by atoms with Crippen molar-refractivity contribution in [3.63, 3.8) is 0 Å². The Kier molecular flexibility index (Phi) is 3.84. The Labute approximate surface area is 109 Å². The molecule has 0 aliphatic rings. The molecule has 0 bridgehead atoms. The van der Waals surface area contributed by atoms with Gasteiger partial charge < -0.3 is 14.0 Å². The van der Waals surface area contributed by atoms with Crippen molar-refractivity contribution >= 4 is 17.8 Å². The molecule has 1 aromatic heterocycles. The molecule has 0 fully saturated rings. The lowest BCUT2D eigenvalue weighted by Gasteiger charge is -2.01. The molecule has 0 radical (unpaired) electrons. The fourth-order valence-corrected chi connectivity index (χ4v) is 1.55. The number of imidazole rings is 1. The molecule has 5 nitrogen and oxygen atoms in total. The average molecular weight is 267 g/mol. The summed E-state index contributed by atoms with van der Waals surface area (Å²) in [6.45, 7) is 1.96. The number of carbonyl (C=O) groups excluding carboxylic acids is 1. The third kappa shape index (κ3) is 3.01. The Bertz CT molecular complexity index is 554. The molecule has 2 aromatic rings. The van der Waals surface area contributed by atoms with E-state index < -0.39 is 6.16 Å². The van der Waals surface area contributed by atoms with Crippen molar-refractivity contribution in [2.45, 2.75) is 6.92 Å². The Morgan fingerprint density at radius 2 is 2.33 bits per heavy atom. The molecule has 0 spiro atoms. The van der Waals surface area contributed by atoms with Crippen LogP contribution in [0.1, 0.15) is 6.92 Å². The largest absolute Gasteiger partial charge is 0.515 e. The van der Waals surface area contributed by atoms with Crippen LogP contribution in [0.4, 0.5) is 4.79 Å². The van der Waals surface area contributed by atoms with Gasteiger partial charge in [0.15, 0.2) is 0 Å². The van der Waals surface area contributed by atoms with Gasteiger partial charge in [-0.15, -0.1) is 0 Å². The summed E-state index contributed by atoms with van der Waals surface area (Å²) in [7, 11) is 0. The molecule has 6 heteroatoms.